The highest BCUT2D eigenvalue weighted by Crippen LogP contribution is 2.58. The van der Waals surface area contributed by atoms with Gasteiger partial charge in [0.2, 0.25) is 0 Å². The number of carbonyl (C=O) groups excluding carboxylic acids is 1. The van der Waals surface area contributed by atoms with Gasteiger partial charge in [-0.3, -0.25) is 4.79 Å². The van der Waals surface area contributed by atoms with Crippen molar-refractivity contribution in [2.24, 2.45) is 17.8 Å². The van der Waals surface area contributed by atoms with E-state index in [9.17, 15) is 4.79 Å². The van der Waals surface area contributed by atoms with Gasteiger partial charge < -0.3 is 4.43 Å². The third kappa shape index (κ3) is 1.89. The molecular formula is C17H28O2Si. The van der Waals surface area contributed by atoms with E-state index in [1.54, 1.807) is 0 Å². The predicted molar refractivity (Wildman–Crippen MR) is 84.1 cm³/mol. The normalized spacial score (nSPS) is 37.0. The second-order valence-corrected chi connectivity index (χ2v) is 13.3. The zero-order valence-electron chi connectivity index (χ0n) is 13.7. The first-order valence-corrected chi connectivity index (χ1v) is 11.0. The van der Waals surface area contributed by atoms with Gasteiger partial charge in [-0.05, 0) is 61.7 Å². The van der Waals surface area contributed by atoms with Crippen molar-refractivity contribution in [1.29, 1.82) is 0 Å². The van der Waals surface area contributed by atoms with Crippen LogP contribution < -0.4 is 0 Å². The van der Waals surface area contributed by atoms with Crippen molar-refractivity contribution in [3.05, 3.63) is 11.1 Å². The Bertz CT molecular complexity index is 484. The number of hydrogen-bond acceptors (Lipinski definition) is 2. The van der Waals surface area contributed by atoms with Crippen LogP contribution in [0, 0.1) is 17.8 Å². The summed E-state index contributed by atoms with van der Waals surface area (Å²) in [5.41, 5.74) is 2.57. The Morgan fingerprint density at radius 3 is 2.50 bits per heavy atom. The molecule has 0 aromatic carbocycles. The molecular weight excluding hydrogens is 264 g/mol. The van der Waals surface area contributed by atoms with Crippen LogP contribution >= 0.6 is 0 Å². The first-order chi connectivity index (χ1) is 9.13. The van der Waals surface area contributed by atoms with Crippen molar-refractivity contribution >= 4 is 14.1 Å². The third-order valence-corrected chi connectivity index (χ3v) is 11.0. The van der Waals surface area contributed by atoms with Crippen LogP contribution in [0.3, 0.4) is 0 Å². The van der Waals surface area contributed by atoms with Gasteiger partial charge in [-0.15, -0.1) is 0 Å². The maximum absolute atomic E-state index is 12.4. The smallest absolute Gasteiger partial charge is 0.192 e. The van der Waals surface area contributed by atoms with Gasteiger partial charge in [-0.2, -0.15) is 0 Å². The van der Waals surface area contributed by atoms with E-state index in [0.717, 1.165) is 18.4 Å². The molecule has 2 saturated carbocycles. The van der Waals surface area contributed by atoms with E-state index in [0.29, 0.717) is 23.7 Å². The van der Waals surface area contributed by atoms with Gasteiger partial charge in [0.1, 0.15) is 0 Å². The summed E-state index contributed by atoms with van der Waals surface area (Å²) in [7, 11) is -1.72. The second-order valence-electron chi connectivity index (χ2n) is 8.50. The molecule has 0 aromatic heterocycles. The molecule has 0 amide bonds. The van der Waals surface area contributed by atoms with Gasteiger partial charge in [0.05, 0.1) is 0 Å². The molecule has 20 heavy (non-hydrogen) atoms. The molecule has 0 radical (unpaired) electrons. The molecule has 0 aliphatic heterocycles. The van der Waals surface area contributed by atoms with Crippen LogP contribution in [0.5, 0.6) is 0 Å². The Morgan fingerprint density at radius 2 is 1.90 bits per heavy atom. The Morgan fingerprint density at radius 1 is 1.25 bits per heavy atom. The average molecular weight is 292 g/mol. The molecule has 1 unspecified atom stereocenters. The van der Waals surface area contributed by atoms with E-state index in [2.05, 4.69) is 33.9 Å². The number of carbonyl (C=O) groups is 1. The molecule has 4 atom stereocenters. The Hall–Kier alpha value is -0.413. The molecule has 0 spiro atoms. The zero-order chi connectivity index (χ0) is 14.9. The third-order valence-electron chi connectivity index (χ3n) is 6.45. The standard InChI is InChI=1S/C17H28O2Si/c1-10-11-7-8-12-14(9-13(15(11)12)16(10)18)19-20(5,6)17(2,3)4/h12-15H,7-9H2,1-6H3/t12-,13+,14?,15-/m0/s1. The summed E-state index contributed by atoms with van der Waals surface area (Å²) in [6.45, 7) is 13.6. The second kappa shape index (κ2) is 4.29. The first kappa shape index (κ1) is 14.5. The van der Waals surface area contributed by atoms with Crippen LogP contribution in [0.25, 0.3) is 0 Å². The first-order valence-electron chi connectivity index (χ1n) is 8.05. The van der Waals surface area contributed by atoms with Crippen LogP contribution in [-0.4, -0.2) is 20.2 Å². The summed E-state index contributed by atoms with van der Waals surface area (Å²) in [6, 6.07) is 0. The summed E-state index contributed by atoms with van der Waals surface area (Å²) < 4.78 is 6.68. The van der Waals surface area contributed by atoms with Gasteiger partial charge >= 0.3 is 0 Å². The van der Waals surface area contributed by atoms with E-state index in [4.69, 9.17) is 4.43 Å². The van der Waals surface area contributed by atoms with Crippen LogP contribution in [-0.2, 0) is 9.22 Å². The molecule has 2 nitrogen and oxygen atoms in total. The van der Waals surface area contributed by atoms with E-state index in [-0.39, 0.29) is 11.0 Å². The minimum atomic E-state index is -1.72. The van der Waals surface area contributed by atoms with Crippen LogP contribution in [0.2, 0.25) is 18.1 Å². The fourth-order valence-electron chi connectivity index (χ4n) is 4.29. The Balaban J connectivity index is 1.82. The van der Waals surface area contributed by atoms with Crippen molar-refractivity contribution < 1.29 is 9.22 Å². The molecule has 3 aliphatic carbocycles. The molecule has 0 heterocycles. The molecule has 0 bridgehead atoms. The Kier molecular flexibility index (Phi) is 3.12. The summed E-state index contributed by atoms with van der Waals surface area (Å²) in [4.78, 5) is 12.4. The molecule has 0 N–H and O–H groups in total. The molecule has 3 heteroatoms. The minimum Gasteiger partial charge on any atom is -0.414 e. The van der Waals surface area contributed by atoms with Crippen molar-refractivity contribution in [3.63, 3.8) is 0 Å². The van der Waals surface area contributed by atoms with E-state index in [1.165, 1.54) is 12.0 Å². The highest BCUT2D eigenvalue weighted by Gasteiger charge is 2.56. The van der Waals surface area contributed by atoms with E-state index < -0.39 is 8.32 Å². The number of hydrogen-bond donors (Lipinski definition) is 0. The lowest BCUT2D eigenvalue weighted by atomic mass is 9.93. The van der Waals surface area contributed by atoms with Crippen molar-refractivity contribution in [1.82, 2.24) is 0 Å². The van der Waals surface area contributed by atoms with Gasteiger partial charge in [0.15, 0.2) is 14.1 Å². The molecule has 3 rings (SSSR count). The van der Waals surface area contributed by atoms with E-state index in [1.807, 2.05) is 6.92 Å². The lowest BCUT2D eigenvalue weighted by Crippen LogP contribution is -2.44. The molecule has 3 aliphatic rings. The highest BCUT2D eigenvalue weighted by molar-refractivity contribution is 6.74. The van der Waals surface area contributed by atoms with Gasteiger partial charge in [-0.25, -0.2) is 0 Å². The minimum absolute atomic E-state index is 0.252. The van der Waals surface area contributed by atoms with Crippen molar-refractivity contribution in [2.75, 3.05) is 0 Å². The summed E-state index contributed by atoms with van der Waals surface area (Å²) in [6.07, 6.45) is 3.68. The maximum Gasteiger partial charge on any atom is 0.192 e. The largest absolute Gasteiger partial charge is 0.414 e. The van der Waals surface area contributed by atoms with Crippen molar-refractivity contribution in [2.45, 2.75) is 71.2 Å². The number of allylic oxidation sites excluding steroid dienone is 2. The quantitative estimate of drug-likeness (QED) is 0.708. The lowest BCUT2D eigenvalue weighted by Gasteiger charge is -2.39. The van der Waals surface area contributed by atoms with Crippen LogP contribution in [0.1, 0.15) is 47.0 Å². The molecule has 2 fully saturated rings. The average Bonchev–Trinajstić information content (AvgIpc) is 2.92. The zero-order valence-corrected chi connectivity index (χ0v) is 14.7. The number of ketones is 1. The molecule has 0 aromatic rings. The van der Waals surface area contributed by atoms with Crippen LogP contribution in [0.4, 0.5) is 0 Å². The van der Waals surface area contributed by atoms with Gasteiger partial charge in [0.25, 0.3) is 0 Å². The highest BCUT2D eigenvalue weighted by atomic mass is 28.4. The fraction of sp³-hybridized carbons (Fsp3) is 0.824. The van der Waals surface area contributed by atoms with Gasteiger partial charge in [0, 0.05) is 12.0 Å². The molecule has 112 valence electrons. The monoisotopic (exact) mass is 292 g/mol. The maximum atomic E-state index is 12.4. The summed E-state index contributed by atoms with van der Waals surface area (Å²) >= 11 is 0. The Labute approximate surface area is 124 Å². The van der Waals surface area contributed by atoms with E-state index >= 15 is 0 Å². The number of rotatable bonds is 2. The van der Waals surface area contributed by atoms with Gasteiger partial charge in [-0.1, -0.05) is 26.3 Å². The van der Waals surface area contributed by atoms with Crippen molar-refractivity contribution in [3.8, 4) is 0 Å². The molecule has 0 saturated heterocycles. The number of Topliss-reactive ketones (excluding diaryl/α,β-unsaturated/α-hetero) is 1. The SMILES string of the molecule is CC1=C2CC[C@H]3C(O[Si](C)(C)C(C)(C)C)C[C@@H](C1=O)[C@@H]23. The predicted octanol–water partition coefficient (Wildman–Crippen LogP) is 4.32. The fourth-order valence-corrected chi connectivity index (χ4v) is 5.67. The topological polar surface area (TPSA) is 26.3 Å². The lowest BCUT2D eigenvalue weighted by molar-refractivity contribution is -0.118. The summed E-state index contributed by atoms with van der Waals surface area (Å²) in [5, 5.41) is 0.252. The summed E-state index contributed by atoms with van der Waals surface area (Å²) in [5.74, 6) is 1.84. The van der Waals surface area contributed by atoms with Crippen LogP contribution in [0.15, 0.2) is 11.1 Å².